The molecule has 0 unspecified atom stereocenters. The number of urea groups is 1. The molecule has 1 saturated carbocycles. The third-order valence-electron chi connectivity index (χ3n) is 7.30. The number of hydrogen-bond donors (Lipinski definition) is 2. The lowest BCUT2D eigenvalue weighted by molar-refractivity contribution is -0.155. The van der Waals surface area contributed by atoms with Gasteiger partial charge in [0.15, 0.2) is 5.78 Å². The van der Waals surface area contributed by atoms with Crippen LogP contribution in [0, 0.1) is 0 Å². The fourth-order valence-corrected chi connectivity index (χ4v) is 4.81. The number of aliphatic carboxylic acids is 1. The summed E-state index contributed by atoms with van der Waals surface area (Å²) in [6, 6.07) is 12.0. The molecule has 2 atom stereocenters. The van der Waals surface area contributed by atoms with Crippen molar-refractivity contribution < 1.29 is 38.4 Å². The number of hydrogen-bond acceptors (Lipinski definition) is 7. The molecule has 0 aliphatic heterocycles. The van der Waals surface area contributed by atoms with E-state index in [0.29, 0.717) is 22.6 Å². The predicted molar refractivity (Wildman–Crippen MR) is 144 cm³/mol. The number of carbonyl (C=O) groups excluding carboxylic acids is 2. The molecule has 2 aromatic rings. The molecular weight excluding hydrogens is 504 g/mol. The largest absolute Gasteiger partial charge is 0.496 e. The highest BCUT2D eigenvalue weighted by Crippen LogP contribution is 2.37. The Balaban J connectivity index is 1.89. The Morgan fingerprint density at radius 2 is 1.62 bits per heavy atom. The molecule has 0 radical (unpaired) electrons. The number of ketones is 1. The second-order valence-electron chi connectivity index (χ2n) is 9.73. The molecule has 1 aliphatic carbocycles. The summed E-state index contributed by atoms with van der Waals surface area (Å²) >= 11 is 0. The molecule has 212 valence electrons. The molecule has 10 nitrogen and oxygen atoms in total. The van der Waals surface area contributed by atoms with Crippen molar-refractivity contribution in [2.75, 3.05) is 34.5 Å². The highest BCUT2D eigenvalue weighted by molar-refractivity contribution is 5.99. The minimum absolute atomic E-state index is 0.170. The van der Waals surface area contributed by atoms with Crippen LogP contribution >= 0.6 is 0 Å². The van der Waals surface area contributed by atoms with Gasteiger partial charge in [0.25, 0.3) is 0 Å². The van der Waals surface area contributed by atoms with E-state index in [-0.39, 0.29) is 44.0 Å². The average Bonchev–Trinajstić information content (AvgIpc) is 2.91. The van der Waals surface area contributed by atoms with Crippen LogP contribution in [0.1, 0.15) is 67.2 Å². The zero-order valence-electron chi connectivity index (χ0n) is 23.4. The van der Waals surface area contributed by atoms with E-state index in [2.05, 4.69) is 5.32 Å². The number of carboxylic acids is 1. The van der Waals surface area contributed by atoms with Crippen molar-refractivity contribution in [3.05, 3.63) is 59.2 Å². The standard InChI is InChI=1S/C29H38N2O8/c1-18(22-14-24(37-5)26(19(2)32)25(15-22)38-6)31(12-13-39-20(3)21-10-8-7-9-11-21)28(35)30-29(27(33)34)16-23(17-29)36-4/h7-11,14-15,18,20,23H,12-13,16-17H2,1-6H3,(H,30,35)(H,33,34)/t18-,20+,23?,29?/m1/s1. The minimum atomic E-state index is -1.41. The number of rotatable bonds is 13. The van der Waals surface area contributed by atoms with E-state index in [4.69, 9.17) is 18.9 Å². The molecule has 0 heterocycles. The maximum absolute atomic E-state index is 13.6. The van der Waals surface area contributed by atoms with Crippen LogP contribution in [0.15, 0.2) is 42.5 Å². The van der Waals surface area contributed by atoms with E-state index in [9.17, 15) is 19.5 Å². The fraction of sp³-hybridized carbons (Fsp3) is 0.483. The first-order valence-electron chi connectivity index (χ1n) is 12.8. The Morgan fingerprint density at radius 3 is 2.10 bits per heavy atom. The van der Waals surface area contributed by atoms with Gasteiger partial charge in [-0.1, -0.05) is 30.3 Å². The second kappa shape index (κ2) is 12.9. The Bertz CT molecular complexity index is 1140. The lowest BCUT2D eigenvalue weighted by atomic mass is 9.74. The van der Waals surface area contributed by atoms with E-state index in [1.807, 2.05) is 44.2 Å². The number of nitrogens with zero attached hydrogens (tertiary/aromatic N) is 1. The van der Waals surface area contributed by atoms with Crippen molar-refractivity contribution in [2.24, 2.45) is 0 Å². The molecule has 3 rings (SSSR count). The van der Waals surface area contributed by atoms with Crippen LogP contribution in [0.2, 0.25) is 0 Å². The van der Waals surface area contributed by atoms with Gasteiger partial charge in [-0.25, -0.2) is 9.59 Å². The van der Waals surface area contributed by atoms with Crippen LogP contribution in [0.25, 0.3) is 0 Å². The molecule has 39 heavy (non-hydrogen) atoms. The molecular formula is C29H38N2O8. The van der Waals surface area contributed by atoms with Gasteiger partial charge in [0.05, 0.1) is 39.1 Å². The van der Waals surface area contributed by atoms with Gasteiger partial charge in [-0.15, -0.1) is 0 Å². The van der Waals surface area contributed by atoms with Crippen molar-refractivity contribution in [2.45, 2.75) is 57.4 Å². The maximum atomic E-state index is 13.6. The normalized spacial score (nSPS) is 19.8. The van der Waals surface area contributed by atoms with E-state index < -0.39 is 23.6 Å². The Kier molecular flexibility index (Phi) is 9.93. The molecule has 1 fully saturated rings. The van der Waals surface area contributed by atoms with Gasteiger partial charge < -0.3 is 34.3 Å². The van der Waals surface area contributed by atoms with Crippen molar-refractivity contribution >= 4 is 17.8 Å². The zero-order chi connectivity index (χ0) is 28.7. The molecule has 2 aromatic carbocycles. The third kappa shape index (κ3) is 6.69. The number of ether oxygens (including phenoxy) is 4. The number of carboxylic acid groups (broad SMARTS) is 1. The van der Waals surface area contributed by atoms with Crippen molar-refractivity contribution in [3.8, 4) is 11.5 Å². The number of carbonyl (C=O) groups is 3. The highest BCUT2D eigenvalue weighted by Gasteiger charge is 2.52. The van der Waals surface area contributed by atoms with Gasteiger partial charge in [0.1, 0.15) is 22.6 Å². The lowest BCUT2D eigenvalue weighted by Gasteiger charge is -2.45. The topological polar surface area (TPSA) is 124 Å². The van der Waals surface area contributed by atoms with Gasteiger partial charge in [-0.2, -0.15) is 0 Å². The number of nitrogens with one attached hydrogen (secondary N) is 1. The summed E-state index contributed by atoms with van der Waals surface area (Å²) < 4.78 is 22.2. The Morgan fingerprint density at radius 1 is 1.03 bits per heavy atom. The Labute approximate surface area is 229 Å². The smallest absolute Gasteiger partial charge is 0.329 e. The third-order valence-corrected chi connectivity index (χ3v) is 7.30. The molecule has 0 spiro atoms. The van der Waals surface area contributed by atoms with Crippen LogP contribution in [0.4, 0.5) is 4.79 Å². The summed E-state index contributed by atoms with van der Waals surface area (Å²) in [6.07, 6.45) is -0.108. The van der Waals surface area contributed by atoms with Gasteiger partial charge in [-0.3, -0.25) is 4.79 Å². The van der Waals surface area contributed by atoms with Crippen LogP contribution in [0.3, 0.4) is 0 Å². The Hall–Kier alpha value is -3.63. The molecule has 2 N–H and O–H groups in total. The summed E-state index contributed by atoms with van der Waals surface area (Å²) in [6.45, 7) is 5.54. The predicted octanol–water partition coefficient (Wildman–Crippen LogP) is 4.39. The minimum Gasteiger partial charge on any atom is -0.496 e. The maximum Gasteiger partial charge on any atom is 0.329 e. The van der Waals surface area contributed by atoms with Crippen molar-refractivity contribution in [1.82, 2.24) is 10.2 Å². The SMILES string of the molecule is COc1cc([C@@H](C)N(CCO[C@@H](C)c2ccccc2)C(=O)NC2(C(=O)O)CC(OC)C2)cc(OC)c1C(C)=O. The van der Waals surface area contributed by atoms with Crippen LogP contribution in [-0.2, 0) is 14.3 Å². The van der Waals surface area contributed by atoms with E-state index in [0.717, 1.165) is 5.56 Å². The van der Waals surface area contributed by atoms with Crippen LogP contribution < -0.4 is 14.8 Å². The first-order chi connectivity index (χ1) is 18.6. The molecule has 10 heteroatoms. The van der Waals surface area contributed by atoms with Gasteiger partial charge in [-0.05, 0) is 44.0 Å². The number of amides is 2. The number of benzene rings is 2. The number of Topliss-reactive ketones (excluding diaryl/α,β-unsaturated/α-hetero) is 1. The number of methoxy groups -OCH3 is 3. The summed E-state index contributed by atoms with van der Waals surface area (Å²) in [4.78, 5) is 39.5. The van der Waals surface area contributed by atoms with E-state index >= 15 is 0 Å². The summed E-state index contributed by atoms with van der Waals surface area (Å²) in [5, 5.41) is 12.6. The molecule has 2 amide bonds. The van der Waals surface area contributed by atoms with Gasteiger partial charge in [0, 0.05) is 26.5 Å². The van der Waals surface area contributed by atoms with Crippen molar-refractivity contribution in [3.63, 3.8) is 0 Å². The highest BCUT2D eigenvalue weighted by atomic mass is 16.5. The van der Waals surface area contributed by atoms with Gasteiger partial charge in [0.2, 0.25) is 0 Å². The second-order valence-corrected chi connectivity index (χ2v) is 9.73. The quantitative estimate of drug-likeness (QED) is 0.357. The van der Waals surface area contributed by atoms with E-state index in [1.54, 1.807) is 12.1 Å². The molecule has 0 bridgehead atoms. The summed E-state index contributed by atoms with van der Waals surface area (Å²) in [5.74, 6) is -0.689. The molecule has 0 aromatic heterocycles. The molecule has 0 saturated heterocycles. The van der Waals surface area contributed by atoms with Crippen molar-refractivity contribution in [1.29, 1.82) is 0 Å². The average molecular weight is 543 g/mol. The van der Waals surface area contributed by atoms with Crippen LogP contribution in [-0.4, -0.2) is 73.9 Å². The summed E-state index contributed by atoms with van der Waals surface area (Å²) in [7, 11) is 4.43. The fourth-order valence-electron chi connectivity index (χ4n) is 4.81. The summed E-state index contributed by atoms with van der Waals surface area (Å²) in [5.41, 5.74) is 0.534. The zero-order valence-corrected chi connectivity index (χ0v) is 23.4. The van der Waals surface area contributed by atoms with Crippen LogP contribution in [0.5, 0.6) is 11.5 Å². The van der Waals surface area contributed by atoms with E-state index in [1.165, 1.54) is 33.2 Å². The monoisotopic (exact) mass is 542 g/mol. The first-order valence-corrected chi connectivity index (χ1v) is 12.8. The first kappa shape index (κ1) is 29.9. The molecule has 1 aliphatic rings. The van der Waals surface area contributed by atoms with Gasteiger partial charge >= 0.3 is 12.0 Å². The lowest BCUT2D eigenvalue weighted by Crippen LogP contribution is -2.66.